The Morgan fingerprint density at radius 2 is 2.00 bits per heavy atom. The van der Waals surface area contributed by atoms with E-state index in [0.29, 0.717) is 0 Å². The molecule has 0 saturated carbocycles. The molecule has 1 heterocycles. The summed E-state index contributed by atoms with van der Waals surface area (Å²) in [5.41, 5.74) is 3.28. The quantitative estimate of drug-likeness (QED) is 0.910. The molecular formula is C15H16BrFN2. The first kappa shape index (κ1) is 14.0. The Morgan fingerprint density at radius 1 is 1.21 bits per heavy atom. The lowest BCUT2D eigenvalue weighted by Gasteiger charge is -2.10. The molecule has 1 N–H and O–H groups in total. The third-order valence-corrected chi connectivity index (χ3v) is 4.07. The standard InChI is InChI=1S/C15H16BrFN2/c1-10-5-7-18-15(14(10)16)19-8-6-12-3-4-13(17)9-11(12)2/h3-5,7,9H,6,8H2,1-2H3,(H,18,19). The van der Waals surface area contributed by atoms with Gasteiger partial charge in [0.25, 0.3) is 0 Å². The van der Waals surface area contributed by atoms with Gasteiger partial charge in [-0.3, -0.25) is 0 Å². The van der Waals surface area contributed by atoms with E-state index < -0.39 is 0 Å². The minimum Gasteiger partial charge on any atom is -0.369 e. The van der Waals surface area contributed by atoms with Crippen molar-refractivity contribution >= 4 is 21.7 Å². The molecule has 0 aliphatic carbocycles. The van der Waals surface area contributed by atoms with Crippen LogP contribution in [0.4, 0.5) is 10.2 Å². The van der Waals surface area contributed by atoms with Crippen LogP contribution >= 0.6 is 15.9 Å². The fourth-order valence-corrected chi connectivity index (χ4v) is 2.29. The van der Waals surface area contributed by atoms with Crippen LogP contribution in [0, 0.1) is 19.7 Å². The molecule has 2 rings (SSSR count). The number of halogens is 2. The summed E-state index contributed by atoms with van der Waals surface area (Å²) in [6.07, 6.45) is 2.62. The minimum atomic E-state index is -0.183. The number of pyridine rings is 1. The van der Waals surface area contributed by atoms with Crippen LogP contribution in [0.25, 0.3) is 0 Å². The lowest BCUT2D eigenvalue weighted by molar-refractivity contribution is 0.625. The molecule has 0 aliphatic heterocycles. The Bertz CT molecular complexity index is 584. The second-order valence-electron chi connectivity index (χ2n) is 4.54. The molecule has 1 aromatic heterocycles. The van der Waals surface area contributed by atoms with Crippen LogP contribution < -0.4 is 5.32 Å². The number of hydrogen-bond donors (Lipinski definition) is 1. The molecule has 0 radical (unpaired) electrons. The molecule has 0 atom stereocenters. The topological polar surface area (TPSA) is 24.9 Å². The highest BCUT2D eigenvalue weighted by atomic mass is 79.9. The summed E-state index contributed by atoms with van der Waals surface area (Å²) in [4.78, 5) is 4.29. The van der Waals surface area contributed by atoms with E-state index in [9.17, 15) is 4.39 Å². The van der Waals surface area contributed by atoms with Crippen molar-refractivity contribution in [3.05, 3.63) is 57.4 Å². The van der Waals surface area contributed by atoms with E-state index in [1.54, 1.807) is 12.3 Å². The van der Waals surface area contributed by atoms with Gasteiger partial charge in [0.1, 0.15) is 11.6 Å². The van der Waals surface area contributed by atoms with Crippen LogP contribution in [0.15, 0.2) is 34.9 Å². The molecule has 19 heavy (non-hydrogen) atoms. The Balaban J connectivity index is 1.98. The summed E-state index contributed by atoms with van der Waals surface area (Å²) < 4.78 is 14.0. The van der Waals surface area contributed by atoms with Gasteiger partial charge in [-0.05, 0) is 71.1 Å². The van der Waals surface area contributed by atoms with Gasteiger partial charge in [0, 0.05) is 12.7 Å². The summed E-state index contributed by atoms with van der Waals surface area (Å²) in [6, 6.07) is 6.86. The number of nitrogens with one attached hydrogen (secondary N) is 1. The largest absolute Gasteiger partial charge is 0.369 e. The maximum Gasteiger partial charge on any atom is 0.140 e. The highest BCUT2D eigenvalue weighted by molar-refractivity contribution is 9.10. The molecule has 0 saturated heterocycles. The first-order valence-electron chi connectivity index (χ1n) is 6.18. The van der Waals surface area contributed by atoms with Gasteiger partial charge < -0.3 is 5.32 Å². The summed E-state index contributed by atoms with van der Waals surface area (Å²) in [5.74, 6) is 0.664. The highest BCUT2D eigenvalue weighted by Crippen LogP contribution is 2.23. The van der Waals surface area contributed by atoms with Crippen LogP contribution in [-0.2, 0) is 6.42 Å². The SMILES string of the molecule is Cc1cc(F)ccc1CCNc1nccc(C)c1Br. The smallest absolute Gasteiger partial charge is 0.140 e. The fourth-order valence-electron chi connectivity index (χ4n) is 1.92. The van der Waals surface area contributed by atoms with Crippen LogP contribution in [0.1, 0.15) is 16.7 Å². The van der Waals surface area contributed by atoms with Crippen molar-refractivity contribution in [2.24, 2.45) is 0 Å². The van der Waals surface area contributed by atoms with E-state index in [-0.39, 0.29) is 5.82 Å². The van der Waals surface area contributed by atoms with Crippen molar-refractivity contribution in [3.63, 3.8) is 0 Å². The number of nitrogens with zero attached hydrogens (tertiary/aromatic N) is 1. The zero-order chi connectivity index (χ0) is 13.8. The van der Waals surface area contributed by atoms with Crippen LogP contribution in [0.3, 0.4) is 0 Å². The van der Waals surface area contributed by atoms with Gasteiger partial charge in [0.15, 0.2) is 0 Å². The minimum absolute atomic E-state index is 0.183. The molecule has 0 unspecified atom stereocenters. The monoisotopic (exact) mass is 322 g/mol. The van der Waals surface area contributed by atoms with Crippen molar-refractivity contribution in [3.8, 4) is 0 Å². The van der Waals surface area contributed by atoms with Crippen LogP contribution in [0.5, 0.6) is 0 Å². The van der Waals surface area contributed by atoms with Crippen molar-refractivity contribution in [1.82, 2.24) is 4.98 Å². The third kappa shape index (κ3) is 3.53. The second-order valence-corrected chi connectivity index (χ2v) is 5.33. The molecule has 0 amide bonds. The van der Waals surface area contributed by atoms with Gasteiger partial charge >= 0.3 is 0 Å². The Morgan fingerprint density at radius 3 is 2.74 bits per heavy atom. The first-order valence-corrected chi connectivity index (χ1v) is 6.97. The zero-order valence-electron chi connectivity index (χ0n) is 11.0. The van der Waals surface area contributed by atoms with Gasteiger partial charge in [0.05, 0.1) is 4.47 Å². The Kier molecular flexibility index (Phi) is 4.53. The Hall–Kier alpha value is -1.42. The lowest BCUT2D eigenvalue weighted by atomic mass is 10.1. The molecule has 0 fully saturated rings. The summed E-state index contributed by atoms with van der Waals surface area (Å²) in [7, 11) is 0. The van der Waals surface area contributed by atoms with Gasteiger partial charge in [0.2, 0.25) is 0 Å². The summed E-state index contributed by atoms with van der Waals surface area (Å²) >= 11 is 3.52. The first-order chi connectivity index (χ1) is 9.08. The molecule has 0 bridgehead atoms. The van der Waals surface area contributed by atoms with Crippen molar-refractivity contribution in [2.45, 2.75) is 20.3 Å². The van der Waals surface area contributed by atoms with Gasteiger partial charge in [-0.15, -0.1) is 0 Å². The average molecular weight is 323 g/mol. The van der Waals surface area contributed by atoms with Crippen molar-refractivity contribution < 1.29 is 4.39 Å². The number of aryl methyl sites for hydroxylation is 2. The maximum atomic E-state index is 13.0. The Labute approximate surface area is 121 Å². The fraction of sp³-hybridized carbons (Fsp3) is 0.267. The zero-order valence-corrected chi connectivity index (χ0v) is 12.6. The molecule has 1 aromatic carbocycles. The lowest BCUT2D eigenvalue weighted by Crippen LogP contribution is -2.08. The van der Waals surface area contributed by atoms with Crippen molar-refractivity contribution in [2.75, 3.05) is 11.9 Å². The molecule has 0 aliphatic rings. The van der Waals surface area contributed by atoms with Crippen LogP contribution in [-0.4, -0.2) is 11.5 Å². The number of anilines is 1. The predicted octanol–water partition coefficient (Wildman–Crippen LogP) is 4.25. The van der Waals surface area contributed by atoms with E-state index in [4.69, 9.17) is 0 Å². The molecule has 100 valence electrons. The van der Waals surface area contributed by atoms with Gasteiger partial charge in [-0.2, -0.15) is 0 Å². The predicted molar refractivity (Wildman–Crippen MR) is 80.0 cm³/mol. The van der Waals surface area contributed by atoms with Crippen molar-refractivity contribution in [1.29, 1.82) is 0 Å². The average Bonchev–Trinajstić information content (AvgIpc) is 2.37. The van der Waals surface area contributed by atoms with Gasteiger partial charge in [-0.25, -0.2) is 9.37 Å². The summed E-state index contributed by atoms with van der Waals surface area (Å²) in [5, 5.41) is 3.29. The van der Waals surface area contributed by atoms with Crippen LogP contribution in [0.2, 0.25) is 0 Å². The second kappa shape index (κ2) is 6.15. The summed E-state index contributed by atoms with van der Waals surface area (Å²) in [6.45, 7) is 4.72. The van der Waals surface area contributed by atoms with E-state index in [1.807, 2.05) is 26.0 Å². The highest BCUT2D eigenvalue weighted by Gasteiger charge is 2.04. The van der Waals surface area contributed by atoms with Gasteiger partial charge in [-0.1, -0.05) is 6.07 Å². The maximum absolute atomic E-state index is 13.0. The molecule has 4 heteroatoms. The molecular weight excluding hydrogens is 307 g/mol. The van der Waals surface area contributed by atoms with E-state index in [1.165, 1.54) is 6.07 Å². The number of aromatic nitrogens is 1. The molecule has 0 spiro atoms. The number of benzene rings is 1. The number of rotatable bonds is 4. The van der Waals surface area contributed by atoms with E-state index in [2.05, 4.69) is 26.2 Å². The van der Waals surface area contributed by atoms with E-state index in [0.717, 1.165) is 39.9 Å². The molecule has 2 nitrogen and oxygen atoms in total. The number of hydrogen-bond acceptors (Lipinski definition) is 2. The normalized spacial score (nSPS) is 10.5. The third-order valence-electron chi connectivity index (χ3n) is 3.07. The van der Waals surface area contributed by atoms with E-state index >= 15 is 0 Å². The molecule has 2 aromatic rings.